The predicted octanol–water partition coefficient (Wildman–Crippen LogP) is 0.827. The molecule has 2 heterocycles. The van der Waals surface area contributed by atoms with Crippen molar-refractivity contribution in [1.82, 2.24) is 10.6 Å². The van der Waals surface area contributed by atoms with E-state index in [9.17, 15) is 14.4 Å². The van der Waals surface area contributed by atoms with Gasteiger partial charge in [0.2, 0.25) is 5.54 Å². The molecule has 0 bridgehead atoms. The number of benzene rings is 2. The summed E-state index contributed by atoms with van der Waals surface area (Å²) >= 11 is 0. The van der Waals surface area contributed by atoms with Crippen molar-refractivity contribution in [3.05, 3.63) is 42.0 Å². The highest BCUT2D eigenvalue weighted by Gasteiger charge is 2.58. The van der Waals surface area contributed by atoms with Crippen LogP contribution < -0.4 is 16.0 Å². The highest BCUT2D eigenvalue weighted by Crippen LogP contribution is 2.41. The predicted molar refractivity (Wildman–Crippen MR) is 70.9 cm³/mol. The van der Waals surface area contributed by atoms with Crippen LogP contribution in [0.1, 0.15) is 5.56 Å². The van der Waals surface area contributed by atoms with E-state index in [1.54, 1.807) is 6.07 Å². The number of anilines is 1. The number of urea groups is 1. The first-order valence-electron chi connectivity index (χ1n) is 6.10. The van der Waals surface area contributed by atoms with Crippen LogP contribution in [-0.2, 0) is 15.1 Å². The first kappa shape index (κ1) is 11.0. The van der Waals surface area contributed by atoms with Crippen LogP contribution in [0.4, 0.5) is 10.5 Å². The molecule has 4 rings (SSSR count). The summed E-state index contributed by atoms with van der Waals surface area (Å²) in [7, 11) is 0. The third kappa shape index (κ3) is 1.11. The fourth-order valence-electron chi connectivity index (χ4n) is 2.85. The number of fused-ring (bicyclic) bond motifs is 4. The summed E-state index contributed by atoms with van der Waals surface area (Å²) in [6.45, 7) is 0. The number of rotatable bonds is 0. The topological polar surface area (TPSA) is 87.3 Å². The standard InChI is InChI=1S/C14H9N3O3/c18-11-14(12(19)16-13(20)17-14)9-6-5-7-3-1-2-4-8(7)10(9)15-11/h1-6H,(H,15,18)(H2,16,17,19,20). The zero-order chi connectivity index (χ0) is 13.9. The first-order chi connectivity index (χ1) is 9.63. The van der Waals surface area contributed by atoms with Crippen LogP contribution >= 0.6 is 0 Å². The molecule has 98 valence electrons. The van der Waals surface area contributed by atoms with Gasteiger partial charge in [0.15, 0.2) is 0 Å². The summed E-state index contributed by atoms with van der Waals surface area (Å²) in [6, 6.07) is 10.4. The number of carbonyl (C=O) groups is 3. The third-order valence-corrected chi connectivity index (χ3v) is 3.78. The fraction of sp³-hybridized carbons (Fsp3) is 0.0714. The zero-order valence-electron chi connectivity index (χ0n) is 10.2. The van der Waals surface area contributed by atoms with E-state index < -0.39 is 23.4 Å². The number of hydrogen-bond donors (Lipinski definition) is 3. The van der Waals surface area contributed by atoms with Crippen LogP contribution in [0.25, 0.3) is 10.8 Å². The van der Waals surface area contributed by atoms with E-state index in [-0.39, 0.29) is 0 Å². The van der Waals surface area contributed by atoms with E-state index in [4.69, 9.17) is 0 Å². The molecule has 1 unspecified atom stereocenters. The molecule has 2 aliphatic heterocycles. The number of hydrogen-bond acceptors (Lipinski definition) is 3. The minimum atomic E-state index is -1.64. The van der Waals surface area contributed by atoms with Crippen molar-refractivity contribution in [3.8, 4) is 0 Å². The maximum atomic E-state index is 12.3. The molecule has 6 nitrogen and oxygen atoms in total. The molecule has 0 aliphatic carbocycles. The van der Waals surface area contributed by atoms with Crippen LogP contribution in [0.3, 0.4) is 0 Å². The lowest BCUT2D eigenvalue weighted by Crippen LogP contribution is -2.49. The molecule has 2 aromatic carbocycles. The molecule has 6 heteroatoms. The lowest BCUT2D eigenvalue weighted by Gasteiger charge is -2.17. The second-order valence-electron chi connectivity index (χ2n) is 4.82. The van der Waals surface area contributed by atoms with Crippen LogP contribution in [0.15, 0.2) is 36.4 Å². The second kappa shape index (κ2) is 3.36. The van der Waals surface area contributed by atoms with Gasteiger partial charge in [-0.25, -0.2) is 4.79 Å². The minimum absolute atomic E-state index is 0.476. The molecule has 1 spiro atoms. The van der Waals surface area contributed by atoms with Crippen LogP contribution in [0, 0.1) is 0 Å². The molecule has 0 aromatic heterocycles. The lowest BCUT2D eigenvalue weighted by atomic mass is 9.90. The van der Waals surface area contributed by atoms with Gasteiger partial charge in [0.05, 0.1) is 5.69 Å². The summed E-state index contributed by atoms with van der Waals surface area (Å²) in [4.78, 5) is 35.7. The van der Waals surface area contributed by atoms with Gasteiger partial charge >= 0.3 is 6.03 Å². The Morgan fingerprint density at radius 3 is 2.35 bits per heavy atom. The normalized spacial score (nSPS) is 23.7. The zero-order valence-corrected chi connectivity index (χ0v) is 10.2. The van der Waals surface area contributed by atoms with E-state index >= 15 is 0 Å². The van der Waals surface area contributed by atoms with Crippen molar-refractivity contribution in [2.75, 3.05) is 5.32 Å². The van der Waals surface area contributed by atoms with Crippen molar-refractivity contribution in [2.45, 2.75) is 5.54 Å². The average molecular weight is 267 g/mol. The summed E-state index contributed by atoms with van der Waals surface area (Å²) in [5, 5.41) is 9.06. The Bertz CT molecular complexity index is 814. The average Bonchev–Trinajstić information content (AvgIpc) is 2.89. The van der Waals surface area contributed by atoms with Gasteiger partial charge in [-0.2, -0.15) is 0 Å². The smallest absolute Gasteiger partial charge is 0.322 e. The molecule has 3 N–H and O–H groups in total. The molecule has 1 fully saturated rings. The highest BCUT2D eigenvalue weighted by atomic mass is 16.2. The monoisotopic (exact) mass is 267 g/mol. The van der Waals surface area contributed by atoms with Crippen molar-refractivity contribution in [2.24, 2.45) is 0 Å². The van der Waals surface area contributed by atoms with Crippen molar-refractivity contribution >= 4 is 34.3 Å². The van der Waals surface area contributed by atoms with Gasteiger partial charge in [-0.05, 0) is 5.39 Å². The maximum absolute atomic E-state index is 12.3. The molecular formula is C14H9N3O3. The summed E-state index contributed by atoms with van der Waals surface area (Å²) in [6.07, 6.45) is 0. The highest BCUT2D eigenvalue weighted by molar-refractivity contribution is 6.29. The van der Waals surface area contributed by atoms with Gasteiger partial charge in [-0.15, -0.1) is 0 Å². The molecule has 2 aromatic rings. The molecule has 2 aliphatic rings. The van der Waals surface area contributed by atoms with Crippen molar-refractivity contribution < 1.29 is 14.4 Å². The van der Waals surface area contributed by atoms with Crippen molar-refractivity contribution in [1.29, 1.82) is 0 Å². The molecule has 20 heavy (non-hydrogen) atoms. The van der Waals surface area contributed by atoms with E-state index in [1.807, 2.05) is 30.3 Å². The number of nitrogens with one attached hydrogen (secondary N) is 3. The number of amides is 4. The van der Waals surface area contributed by atoms with Gasteiger partial charge in [0, 0.05) is 10.9 Å². The maximum Gasteiger partial charge on any atom is 0.323 e. The van der Waals surface area contributed by atoms with Crippen molar-refractivity contribution in [3.63, 3.8) is 0 Å². The van der Waals surface area contributed by atoms with Gasteiger partial charge < -0.3 is 10.6 Å². The number of imide groups is 1. The van der Waals surface area contributed by atoms with Crippen LogP contribution in [-0.4, -0.2) is 17.8 Å². The van der Waals surface area contributed by atoms with E-state index in [1.165, 1.54) is 0 Å². The molecule has 0 radical (unpaired) electrons. The lowest BCUT2D eigenvalue weighted by molar-refractivity contribution is -0.132. The third-order valence-electron chi connectivity index (χ3n) is 3.78. The Balaban J connectivity index is 2.05. The second-order valence-corrected chi connectivity index (χ2v) is 4.82. The SMILES string of the molecule is O=C1NC(=O)C2(N1)C(=O)Nc1c2ccc2ccccc12. The molecule has 1 saturated heterocycles. The van der Waals surface area contributed by atoms with Gasteiger partial charge in [-0.3, -0.25) is 14.9 Å². The summed E-state index contributed by atoms with van der Waals surface area (Å²) in [5.74, 6) is -1.18. The first-order valence-corrected chi connectivity index (χ1v) is 6.10. The minimum Gasteiger partial charge on any atom is -0.322 e. The molecule has 0 saturated carbocycles. The van der Waals surface area contributed by atoms with E-state index in [2.05, 4.69) is 16.0 Å². The van der Waals surface area contributed by atoms with Gasteiger partial charge in [-0.1, -0.05) is 36.4 Å². The fourth-order valence-corrected chi connectivity index (χ4v) is 2.85. The Kier molecular flexibility index (Phi) is 1.84. The Labute approximate surface area is 113 Å². The van der Waals surface area contributed by atoms with Gasteiger partial charge in [0.25, 0.3) is 11.8 Å². The Hall–Kier alpha value is -2.89. The van der Waals surface area contributed by atoms with E-state index in [0.717, 1.165) is 10.8 Å². The molecule has 4 amide bonds. The number of carbonyl (C=O) groups excluding carboxylic acids is 3. The van der Waals surface area contributed by atoms with Crippen LogP contribution in [0.5, 0.6) is 0 Å². The van der Waals surface area contributed by atoms with Crippen LogP contribution in [0.2, 0.25) is 0 Å². The summed E-state index contributed by atoms with van der Waals surface area (Å²) in [5.41, 5.74) is -0.591. The van der Waals surface area contributed by atoms with E-state index in [0.29, 0.717) is 11.3 Å². The largest absolute Gasteiger partial charge is 0.323 e. The Morgan fingerprint density at radius 1 is 0.850 bits per heavy atom. The van der Waals surface area contributed by atoms with Gasteiger partial charge in [0.1, 0.15) is 0 Å². The molecule has 1 atom stereocenters. The Morgan fingerprint density at radius 2 is 1.60 bits per heavy atom. The molecular weight excluding hydrogens is 258 g/mol. The summed E-state index contributed by atoms with van der Waals surface area (Å²) < 4.78 is 0. The quantitative estimate of drug-likeness (QED) is 0.488.